The van der Waals surface area contributed by atoms with Crippen LogP contribution in [0, 0.1) is 0 Å². The molecule has 1 aromatic heterocycles. The van der Waals surface area contributed by atoms with Gasteiger partial charge in [0.1, 0.15) is 0 Å². The molecule has 102 valence electrons. The van der Waals surface area contributed by atoms with Crippen LogP contribution in [0.3, 0.4) is 0 Å². The maximum absolute atomic E-state index is 9.51. The average molecular weight is 252 g/mol. The number of nitrogens with zero attached hydrogens (tertiary/aromatic N) is 1. The third-order valence-corrected chi connectivity index (χ3v) is 3.64. The van der Waals surface area contributed by atoms with Crippen molar-refractivity contribution in [1.29, 1.82) is 0 Å². The van der Waals surface area contributed by atoms with E-state index < -0.39 is 6.10 Å². The standard InChI is InChI=1S/C14H24N2O2/c1-2-15-14-6-4-3-5-11-7-16(9-13(11)14)8-12(18)10-17/h7,9,12,14-15,17-18H,2-6,8,10H2,1H3. The van der Waals surface area contributed by atoms with Crippen molar-refractivity contribution >= 4 is 0 Å². The van der Waals surface area contributed by atoms with Crippen molar-refractivity contribution in [3.63, 3.8) is 0 Å². The largest absolute Gasteiger partial charge is 0.394 e. The zero-order chi connectivity index (χ0) is 13.0. The summed E-state index contributed by atoms with van der Waals surface area (Å²) in [5, 5.41) is 22.0. The zero-order valence-corrected chi connectivity index (χ0v) is 11.1. The van der Waals surface area contributed by atoms with Gasteiger partial charge in [-0.1, -0.05) is 13.3 Å². The summed E-state index contributed by atoms with van der Waals surface area (Å²) >= 11 is 0. The van der Waals surface area contributed by atoms with Gasteiger partial charge in [-0.2, -0.15) is 0 Å². The van der Waals surface area contributed by atoms with E-state index in [0.717, 1.165) is 13.0 Å². The van der Waals surface area contributed by atoms with Crippen LogP contribution in [0.5, 0.6) is 0 Å². The van der Waals surface area contributed by atoms with E-state index in [-0.39, 0.29) is 6.61 Å². The molecule has 1 aliphatic rings. The Hall–Kier alpha value is -0.840. The molecule has 0 aliphatic heterocycles. The Morgan fingerprint density at radius 1 is 1.44 bits per heavy atom. The molecule has 0 fully saturated rings. The Morgan fingerprint density at radius 3 is 3.00 bits per heavy atom. The van der Waals surface area contributed by atoms with E-state index in [1.807, 2.05) is 4.57 Å². The number of aryl methyl sites for hydroxylation is 1. The van der Waals surface area contributed by atoms with Crippen LogP contribution in [0.25, 0.3) is 0 Å². The van der Waals surface area contributed by atoms with E-state index in [4.69, 9.17) is 5.11 Å². The number of nitrogens with one attached hydrogen (secondary N) is 1. The molecule has 2 rings (SSSR count). The highest BCUT2D eigenvalue weighted by Crippen LogP contribution is 2.29. The summed E-state index contributed by atoms with van der Waals surface area (Å²) in [7, 11) is 0. The van der Waals surface area contributed by atoms with E-state index in [2.05, 4.69) is 24.6 Å². The minimum Gasteiger partial charge on any atom is -0.394 e. The molecule has 2 unspecified atom stereocenters. The van der Waals surface area contributed by atoms with Crippen LogP contribution in [0.4, 0.5) is 0 Å². The summed E-state index contributed by atoms with van der Waals surface area (Å²) < 4.78 is 2.02. The molecular weight excluding hydrogens is 228 g/mol. The molecule has 4 heteroatoms. The minimum atomic E-state index is -0.668. The molecule has 4 nitrogen and oxygen atoms in total. The number of aliphatic hydroxyl groups excluding tert-OH is 2. The van der Waals surface area contributed by atoms with Gasteiger partial charge in [-0.05, 0) is 36.9 Å². The molecule has 1 heterocycles. The van der Waals surface area contributed by atoms with Crippen LogP contribution >= 0.6 is 0 Å². The lowest BCUT2D eigenvalue weighted by molar-refractivity contribution is 0.0812. The summed E-state index contributed by atoms with van der Waals surface area (Å²) in [6.45, 7) is 3.41. The monoisotopic (exact) mass is 252 g/mol. The lowest BCUT2D eigenvalue weighted by Crippen LogP contribution is -2.21. The number of hydrogen-bond donors (Lipinski definition) is 3. The van der Waals surface area contributed by atoms with Gasteiger partial charge in [-0.3, -0.25) is 0 Å². The van der Waals surface area contributed by atoms with E-state index in [0.29, 0.717) is 12.6 Å². The molecule has 18 heavy (non-hydrogen) atoms. The highest BCUT2D eigenvalue weighted by molar-refractivity contribution is 5.29. The first kappa shape index (κ1) is 13.6. The topological polar surface area (TPSA) is 57.4 Å². The molecule has 0 saturated heterocycles. The molecule has 0 saturated carbocycles. The lowest BCUT2D eigenvalue weighted by Gasteiger charge is -2.15. The Kier molecular flexibility index (Phi) is 4.80. The quantitative estimate of drug-likeness (QED) is 0.691. The summed E-state index contributed by atoms with van der Waals surface area (Å²) in [5.74, 6) is 0. The van der Waals surface area contributed by atoms with Crippen molar-refractivity contribution in [1.82, 2.24) is 9.88 Å². The average Bonchev–Trinajstić information content (AvgIpc) is 2.67. The molecule has 1 aliphatic carbocycles. The molecule has 0 spiro atoms. The van der Waals surface area contributed by atoms with Crippen molar-refractivity contribution < 1.29 is 10.2 Å². The molecule has 0 bridgehead atoms. The van der Waals surface area contributed by atoms with Crippen LogP contribution in [-0.4, -0.2) is 34.0 Å². The second-order valence-electron chi connectivity index (χ2n) is 5.13. The van der Waals surface area contributed by atoms with E-state index in [9.17, 15) is 5.11 Å². The van der Waals surface area contributed by atoms with Gasteiger partial charge in [-0.25, -0.2) is 0 Å². The maximum atomic E-state index is 9.51. The van der Waals surface area contributed by atoms with Crippen molar-refractivity contribution in [3.8, 4) is 0 Å². The summed E-state index contributed by atoms with van der Waals surface area (Å²) in [6.07, 6.45) is 8.41. The fraction of sp³-hybridized carbons (Fsp3) is 0.714. The van der Waals surface area contributed by atoms with Gasteiger partial charge in [-0.15, -0.1) is 0 Å². The fourth-order valence-electron chi connectivity index (χ4n) is 2.78. The van der Waals surface area contributed by atoms with E-state index in [1.54, 1.807) is 0 Å². The number of rotatable bonds is 5. The Bertz CT molecular complexity index is 376. The van der Waals surface area contributed by atoms with Gasteiger partial charge in [0.15, 0.2) is 0 Å². The van der Waals surface area contributed by atoms with Crippen LogP contribution in [-0.2, 0) is 13.0 Å². The van der Waals surface area contributed by atoms with Gasteiger partial charge < -0.3 is 20.1 Å². The smallest absolute Gasteiger partial charge is 0.0949 e. The van der Waals surface area contributed by atoms with Gasteiger partial charge >= 0.3 is 0 Å². The third kappa shape index (κ3) is 3.13. The van der Waals surface area contributed by atoms with Gasteiger partial charge in [0, 0.05) is 18.4 Å². The number of aliphatic hydroxyl groups is 2. The molecule has 2 atom stereocenters. The number of aromatic nitrogens is 1. The van der Waals surface area contributed by atoms with Crippen LogP contribution in [0.1, 0.15) is 43.4 Å². The molecule has 0 radical (unpaired) electrons. The maximum Gasteiger partial charge on any atom is 0.0949 e. The SMILES string of the molecule is CCNC1CCCCc2cn(CC(O)CO)cc21. The Morgan fingerprint density at radius 2 is 2.28 bits per heavy atom. The second-order valence-corrected chi connectivity index (χ2v) is 5.13. The van der Waals surface area contributed by atoms with Crippen LogP contribution < -0.4 is 5.32 Å². The van der Waals surface area contributed by atoms with Gasteiger partial charge in [0.2, 0.25) is 0 Å². The zero-order valence-electron chi connectivity index (χ0n) is 11.1. The first-order valence-corrected chi connectivity index (χ1v) is 6.95. The van der Waals surface area contributed by atoms with Crippen LogP contribution in [0.2, 0.25) is 0 Å². The van der Waals surface area contributed by atoms with E-state index >= 15 is 0 Å². The predicted molar refractivity (Wildman–Crippen MR) is 71.5 cm³/mol. The first-order chi connectivity index (χ1) is 8.74. The highest BCUT2D eigenvalue weighted by Gasteiger charge is 2.20. The summed E-state index contributed by atoms with van der Waals surface area (Å²) in [5.41, 5.74) is 2.77. The van der Waals surface area contributed by atoms with E-state index in [1.165, 1.54) is 30.4 Å². The predicted octanol–water partition coefficient (Wildman–Crippen LogP) is 1.22. The molecule has 0 amide bonds. The Labute approximate surface area is 109 Å². The third-order valence-electron chi connectivity index (χ3n) is 3.64. The molecule has 3 N–H and O–H groups in total. The summed E-state index contributed by atoms with van der Waals surface area (Å²) in [4.78, 5) is 0. The fourth-order valence-corrected chi connectivity index (χ4v) is 2.78. The molecular formula is C14H24N2O2. The van der Waals surface area contributed by atoms with Crippen molar-refractivity contribution in [2.75, 3.05) is 13.2 Å². The molecule has 1 aromatic rings. The summed E-state index contributed by atoms with van der Waals surface area (Å²) in [6, 6.07) is 0.444. The highest BCUT2D eigenvalue weighted by atomic mass is 16.3. The van der Waals surface area contributed by atoms with Gasteiger partial charge in [0.25, 0.3) is 0 Å². The minimum absolute atomic E-state index is 0.181. The number of hydrogen-bond acceptors (Lipinski definition) is 3. The molecule has 0 aromatic carbocycles. The van der Waals surface area contributed by atoms with Crippen molar-refractivity contribution in [2.24, 2.45) is 0 Å². The van der Waals surface area contributed by atoms with Crippen molar-refractivity contribution in [2.45, 2.75) is 51.3 Å². The van der Waals surface area contributed by atoms with Gasteiger partial charge in [0.05, 0.1) is 19.3 Å². The van der Waals surface area contributed by atoms with Crippen LogP contribution in [0.15, 0.2) is 12.4 Å². The lowest BCUT2D eigenvalue weighted by atomic mass is 10.0. The Balaban J connectivity index is 2.16. The van der Waals surface area contributed by atoms with Crippen molar-refractivity contribution in [3.05, 3.63) is 23.5 Å². The normalized spacial score (nSPS) is 21.4. The first-order valence-electron chi connectivity index (χ1n) is 6.95. The second kappa shape index (κ2) is 6.36. The number of fused-ring (bicyclic) bond motifs is 1.